The molecular weight excluding hydrogens is 268 g/mol. The Hall–Kier alpha value is -1.98. The molecule has 1 heterocycles. The van der Waals surface area contributed by atoms with Crippen LogP contribution >= 0.6 is 0 Å². The van der Waals surface area contributed by atoms with Crippen LogP contribution in [0.2, 0.25) is 0 Å². The smallest absolute Gasteiger partial charge is 0.387 e. The van der Waals surface area contributed by atoms with E-state index in [1.165, 1.54) is 13.2 Å². The van der Waals surface area contributed by atoms with Crippen molar-refractivity contribution in [3.05, 3.63) is 30.5 Å². The lowest BCUT2D eigenvalue weighted by atomic mass is 10.1. The van der Waals surface area contributed by atoms with Crippen LogP contribution in [0.1, 0.15) is 12.8 Å². The van der Waals surface area contributed by atoms with Crippen molar-refractivity contribution in [1.82, 2.24) is 0 Å². The molecule has 1 N–H and O–H groups in total. The van der Waals surface area contributed by atoms with E-state index in [-0.39, 0.29) is 17.6 Å². The summed E-state index contributed by atoms with van der Waals surface area (Å²) in [6, 6.07) is 4.82. The van der Waals surface area contributed by atoms with Gasteiger partial charge in [0.2, 0.25) is 0 Å². The van der Waals surface area contributed by atoms with Crippen LogP contribution in [-0.2, 0) is 4.74 Å². The van der Waals surface area contributed by atoms with Crippen molar-refractivity contribution in [1.29, 1.82) is 0 Å². The summed E-state index contributed by atoms with van der Waals surface area (Å²) < 4.78 is 39.5. The topological polar surface area (TPSA) is 39.7 Å². The molecule has 0 radical (unpaired) electrons. The molecule has 1 aliphatic rings. The van der Waals surface area contributed by atoms with Crippen LogP contribution in [0.25, 0.3) is 0 Å². The van der Waals surface area contributed by atoms with Gasteiger partial charge in [-0.2, -0.15) is 8.78 Å². The van der Waals surface area contributed by atoms with Gasteiger partial charge in [-0.15, -0.1) is 0 Å². The first-order valence-electron chi connectivity index (χ1n) is 6.36. The first-order valence-corrected chi connectivity index (χ1v) is 6.36. The molecular formula is C14H17F2NO3. The van der Waals surface area contributed by atoms with E-state index in [2.05, 4.69) is 10.1 Å². The number of hydrogen-bond acceptors (Lipinski definition) is 4. The number of rotatable bonds is 6. The lowest BCUT2D eigenvalue weighted by Gasteiger charge is -2.20. The summed E-state index contributed by atoms with van der Waals surface area (Å²) >= 11 is 0. The Labute approximate surface area is 116 Å². The molecule has 0 aliphatic carbocycles. The highest BCUT2D eigenvalue weighted by Crippen LogP contribution is 2.31. The number of anilines is 1. The largest absolute Gasteiger partial charge is 0.497 e. The average Bonchev–Trinajstić information content (AvgIpc) is 2.46. The lowest BCUT2D eigenvalue weighted by molar-refractivity contribution is -0.0511. The predicted octanol–water partition coefficient (Wildman–Crippen LogP) is 3.40. The zero-order valence-electron chi connectivity index (χ0n) is 11.1. The van der Waals surface area contributed by atoms with Crippen molar-refractivity contribution in [2.75, 3.05) is 19.0 Å². The van der Waals surface area contributed by atoms with Gasteiger partial charge in [0.1, 0.15) is 6.10 Å². The standard InChI is InChI=1S/C14H17F2NO3/c1-18-12-6-5-10(8-13(12)20-14(15)16)17-9-11-4-2-3-7-19-11/h3,5-8,11,14,17H,2,4,9H2,1H3. The number of alkyl halides is 2. The molecule has 4 nitrogen and oxygen atoms in total. The van der Waals surface area contributed by atoms with E-state index in [9.17, 15) is 8.78 Å². The summed E-state index contributed by atoms with van der Waals surface area (Å²) in [5.41, 5.74) is 0.680. The molecule has 110 valence electrons. The second-order valence-electron chi connectivity index (χ2n) is 4.33. The highest BCUT2D eigenvalue weighted by Gasteiger charge is 2.13. The van der Waals surface area contributed by atoms with Crippen molar-refractivity contribution in [3.63, 3.8) is 0 Å². The van der Waals surface area contributed by atoms with E-state index >= 15 is 0 Å². The Bertz CT molecular complexity index is 466. The first kappa shape index (κ1) is 14.4. The van der Waals surface area contributed by atoms with E-state index < -0.39 is 6.61 Å². The first-order chi connectivity index (χ1) is 9.69. The van der Waals surface area contributed by atoms with Gasteiger partial charge in [-0.05, 0) is 31.1 Å². The zero-order valence-corrected chi connectivity index (χ0v) is 11.1. The van der Waals surface area contributed by atoms with Gasteiger partial charge < -0.3 is 19.5 Å². The number of allylic oxidation sites excluding steroid dienone is 1. The Morgan fingerprint density at radius 1 is 1.40 bits per heavy atom. The highest BCUT2D eigenvalue weighted by molar-refractivity contribution is 5.54. The minimum atomic E-state index is -2.88. The molecule has 2 rings (SSSR count). The quantitative estimate of drug-likeness (QED) is 0.869. The lowest BCUT2D eigenvalue weighted by Crippen LogP contribution is -2.23. The molecule has 1 aromatic carbocycles. The van der Waals surface area contributed by atoms with Gasteiger partial charge in [0.05, 0.1) is 19.9 Å². The number of benzene rings is 1. The molecule has 0 saturated heterocycles. The van der Waals surface area contributed by atoms with E-state index in [0.717, 1.165) is 12.8 Å². The third kappa shape index (κ3) is 4.01. The third-order valence-corrected chi connectivity index (χ3v) is 2.94. The van der Waals surface area contributed by atoms with E-state index in [1.54, 1.807) is 18.4 Å². The number of methoxy groups -OCH3 is 1. The van der Waals surface area contributed by atoms with Crippen LogP contribution in [0, 0.1) is 0 Å². The van der Waals surface area contributed by atoms with Gasteiger partial charge in [-0.1, -0.05) is 0 Å². The molecule has 0 amide bonds. The Morgan fingerprint density at radius 2 is 2.25 bits per heavy atom. The van der Waals surface area contributed by atoms with Crippen LogP contribution in [0.15, 0.2) is 30.5 Å². The summed E-state index contributed by atoms with van der Waals surface area (Å²) in [6.07, 6.45) is 5.66. The SMILES string of the molecule is COc1ccc(NCC2CCC=CO2)cc1OC(F)F. The van der Waals surface area contributed by atoms with Crippen LogP contribution in [0.4, 0.5) is 14.5 Å². The molecule has 1 aliphatic heterocycles. The van der Waals surface area contributed by atoms with Crippen LogP contribution < -0.4 is 14.8 Å². The second-order valence-corrected chi connectivity index (χ2v) is 4.33. The summed E-state index contributed by atoms with van der Waals surface area (Å²) in [4.78, 5) is 0. The van der Waals surface area contributed by atoms with E-state index in [0.29, 0.717) is 12.2 Å². The second kappa shape index (κ2) is 6.98. The van der Waals surface area contributed by atoms with E-state index in [4.69, 9.17) is 9.47 Å². The van der Waals surface area contributed by atoms with Gasteiger partial charge in [0.15, 0.2) is 11.5 Å². The minimum absolute atomic E-state index is 0.0111. The van der Waals surface area contributed by atoms with Crippen LogP contribution in [0.3, 0.4) is 0 Å². The Kier molecular flexibility index (Phi) is 5.03. The molecule has 1 unspecified atom stereocenters. The normalized spacial score (nSPS) is 17.7. The van der Waals surface area contributed by atoms with Gasteiger partial charge in [-0.25, -0.2) is 0 Å². The predicted molar refractivity (Wildman–Crippen MR) is 71.4 cm³/mol. The fraction of sp³-hybridized carbons (Fsp3) is 0.429. The third-order valence-electron chi connectivity index (χ3n) is 2.94. The number of hydrogen-bond donors (Lipinski definition) is 1. The van der Waals surface area contributed by atoms with Crippen LogP contribution in [-0.4, -0.2) is 26.4 Å². The average molecular weight is 285 g/mol. The summed E-state index contributed by atoms with van der Waals surface area (Å²) in [6.45, 7) is -2.28. The molecule has 6 heteroatoms. The molecule has 1 atom stereocenters. The Balaban J connectivity index is 1.98. The molecule has 0 fully saturated rings. The summed E-state index contributed by atoms with van der Waals surface area (Å²) in [5.74, 6) is 0.282. The van der Waals surface area contributed by atoms with Crippen molar-refractivity contribution >= 4 is 5.69 Å². The maximum absolute atomic E-state index is 12.3. The van der Waals surface area contributed by atoms with Gasteiger partial charge in [-0.3, -0.25) is 0 Å². The van der Waals surface area contributed by atoms with Crippen molar-refractivity contribution in [2.45, 2.75) is 25.6 Å². The van der Waals surface area contributed by atoms with E-state index in [1.807, 2.05) is 6.08 Å². The molecule has 0 bridgehead atoms. The molecule has 20 heavy (non-hydrogen) atoms. The van der Waals surface area contributed by atoms with Crippen molar-refractivity contribution in [2.24, 2.45) is 0 Å². The fourth-order valence-corrected chi connectivity index (χ4v) is 1.94. The maximum Gasteiger partial charge on any atom is 0.387 e. The van der Waals surface area contributed by atoms with Gasteiger partial charge in [0.25, 0.3) is 0 Å². The molecule has 0 aromatic heterocycles. The minimum Gasteiger partial charge on any atom is -0.497 e. The zero-order chi connectivity index (χ0) is 14.4. The van der Waals surface area contributed by atoms with Crippen molar-refractivity contribution in [3.8, 4) is 11.5 Å². The Morgan fingerprint density at radius 3 is 2.90 bits per heavy atom. The summed E-state index contributed by atoms with van der Waals surface area (Å²) in [7, 11) is 1.41. The highest BCUT2D eigenvalue weighted by atomic mass is 19.3. The van der Waals surface area contributed by atoms with Crippen LogP contribution in [0.5, 0.6) is 11.5 Å². The molecule has 1 aromatic rings. The number of nitrogens with one attached hydrogen (secondary N) is 1. The number of ether oxygens (including phenoxy) is 3. The summed E-state index contributed by atoms with van der Waals surface area (Å²) in [5, 5.41) is 3.14. The van der Waals surface area contributed by atoms with Gasteiger partial charge in [0, 0.05) is 11.8 Å². The molecule has 0 spiro atoms. The number of halogens is 2. The fourth-order valence-electron chi connectivity index (χ4n) is 1.94. The van der Waals surface area contributed by atoms with Gasteiger partial charge >= 0.3 is 6.61 Å². The maximum atomic E-state index is 12.3. The van der Waals surface area contributed by atoms with Crippen molar-refractivity contribution < 1.29 is 23.0 Å². The monoisotopic (exact) mass is 285 g/mol. The molecule has 0 saturated carbocycles.